The van der Waals surface area contributed by atoms with E-state index < -0.39 is 11.0 Å². The summed E-state index contributed by atoms with van der Waals surface area (Å²) in [7, 11) is 0.0322. The summed E-state index contributed by atoms with van der Waals surface area (Å²) in [6.07, 6.45) is 0. The highest BCUT2D eigenvalue weighted by Crippen LogP contribution is 2.12. The summed E-state index contributed by atoms with van der Waals surface area (Å²) in [5.41, 5.74) is 1.41. The van der Waals surface area contributed by atoms with E-state index in [0.29, 0.717) is 22.0 Å². The van der Waals surface area contributed by atoms with E-state index >= 15 is 0 Å². The molecule has 21 heavy (non-hydrogen) atoms. The molecule has 1 N–H and O–H groups in total. The average Bonchev–Trinajstić information content (AvgIpc) is 2.53. The number of carbonyl (C=O) groups is 1. The Bertz CT molecular complexity index is 641. The van der Waals surface area contributed by atoms with Gasteiger partial charge in [0, 0.05) is 11.6 Å². The molecule has 0 saturated heterocycles. The SMILES string of the molecule is COC(=O)c1ccc(CNS(=O)c2ccc(Cl)cc2)cc1. The number of ether oxygens (including phenoxy) is 1. The summed E-state index contributed by atoms with van der Waals surface area (Å²) in [6.45, 7) is 0.427. The van der Waals surface area contributed by atoms with Crippen LogP contribution >= 0.6 is 11.6 Å². The van der Waals surface area contributed by atoms with Crippen LogP contribution in [0.1, 0.15) is 15.9 Å². The molecule has 0 amide bonds. The number of hydrogen-bond donors (Lipinski definition) is 1. The number of benzene rings is 2. The van der Waals surface area contributed by atoms with Gasteiger partial charge in [-0.05, 0) is 42.0 Å². The maximum atomic E-state index is 12.0. The smallest absolute Gasteiger partial charge is 0.337 e. The van der Waals surface area contributed by atoms with Crippen LogP contribution in [-0.2, 0) is 22.3 Å². The van der Waals surface area contributed by atoms with Gasteiger partial charge in [0.15, 0.2) is 0 Å². The van der Waals surface area contributed by atoms with Crippen LogP contribution in [0.5, 0.6) is 0 Å². The zero-order chi connectivity index (χ0) is 15.2. The van der Waals surface area contributed by atoms with Crippen LogP contribution in [0.3, 0.4) is 0 Å². The molecule has 1 unspecified atom stereocenters. The molecule has 0 radical (unpaired) electrons. The molecule has 0 aliphatic heterocycles. The van der Waals surface area contributed by atoms with Gasteiger partial charge in [-0.1, -0.05) is 23.7 Å². The summed E-state index contributed by atoms with van der Waals surface area (Å²) >= 11 is 5.78. The molecule has 4 nitrogen and oxygen atoms in total. The topological polar surface area (TPSA) is 55.4 Å². The van der Waals surface area contributed by atoms with Crippen molar-refractivity contribution in [3.8, 4) is 0 Å². The van der Waals surface area contributed by atoms with Crippen LogP contribution in [0.15, 0.2) is 53.4 Å². The number of rotatable bonds is 5. The first kappa shape index (κ1) is 15.7. The first-order valence-electron chi connectivity index (χ1n) is 6.18. The van der Waals surface area contributed by atoms with E-state index in [1.807, 2.05) is 0 Å². The van der Waals surface area contributed by atoms with Crippen molar-refractivity contribution < 1.29 is 13.7 Å². The van der Waals surface area contributed by atoms with Crippen molar-refractivity contribution in [1.82, 2.24) is 4.72 Å². The van der Waals surface area contributed by atoms with Gasteiger partial charge in [0.2, 0.25) is 0 Å². The summed E-state index contributed by atoms with van der Waals surface area (Å²) in [6, 6.07) is 13.7. The van der Waals surface area contributed by atoms with Crippen molar-refractivity contribution in [2.24, 2.45) is 0 Å². The second-order valence-corrected chi connectivity index (χ2v) is 5.97. The summed E-state index contributed by atoms with van der Waals surface area (Å²) in [5.74, 6) is -0.376. The van der Waals surface area contributed by atoms with Gasteiger partial charge in [-0.25, -0.2) is 13.7 Å². The van der Waals surface area contributed by atoms with Gasteiger partial charge in [-0.3, -0.25) is 0 Å². The molecule has 0 heterocycles. The molecule has 0 aliphatic rings. The Balaban J connectivity index is 1.95. The van der Waals surface area contributed by atoms with Gasteiger partial charge >= 0.3 is 5.97 Å². The van der Waals surface area contributed by atoms with E-state index in [1.165, 1.54) is 7.11 Å². The lowest BCUT2D eigenvalue weighted by Gasteiger charge is -2.06. The lowest BCUT2D eigenvalue weighted by atomic mass is 10.1. The lowest BCUT2D eigenvalue weighted by Crippen LogP contribution is -2.16. The van der Waals surface area contributed by atoms with Crippen LogP contribution in [0, 0.1) is 0 Å². The second-order valence-electron chi connectivity index (χ2n) is 4.23. The number of esters is 1. The molecule has 0 bridgehead atoms. The average molecular weight is 324 g/mol. The Morgan fingerprint density at radius 1 is 1.14 bits per heavy atom. The predicted octanol–water partition coefficient (Wildman–Crippen LogP) is 2.94. The third-order valence-electron chi connectivity index (χ3n) is 2.81. The van der Waals surface area contributed by atoms with Crippen molar-refractivity contribution in [3.63, 3.8) is 0 Å². The highest BCUT2D eigenvalue weighted by molar-refractivity contribution is 7.83. The minimum atomic E-state index is -1.31. The number of methoxy groups -OCH3 is 1. The van der Waals surface area contributed by atoms with E-state index in [2.05, 4.69) is 9.46 Å². The van der Waals surface area contributed by atoms with Gasteiger partial charge in [0.25, 0.3) is 0 Å². The zero-order valence-corrected chi connectivity index (χ0v) is 12.9. The molecule has 1 atom stereocenters. The molecule has 2 aromatic rings. The molecule has 0 aromatic heterocycles. The van der Waals surface area contributed by atoms with Gasteiger partial charge in [-0.15, -0.1) is 0 Å². The van der Waals surface area contributed by atoms with Gasteiger partial charge in [0.1, 0.15) is 11.0 Å². The fourth-order valence-corrected chi connectivity index (χ4v) is 2.64. The highest BCUT2D eigenvalue weighted by Gasteiger charge is 2.06. The normalized spacial score (nSPS) is 11.9. The second kappa shape index (κ2) is 7.36. The van der Waals surface area contributed by atoms with E-state index in [4.69, 9.17) is 11.6 Å². The van der Waals surface area contributed by atoms with E-state index in [0.717, 1.165) is 5.56 Å². The predicted molar refractivity (Wildman–Crippen MR) is 82.5 cm³/mol. The van der Waals surface area contributed by atoms with Crippen molar-refractivity contribution in [2.45, 2.75) is 11.4 Å². The molecule has 0 aliphatic carbocycles. The van der Waals surface area contributed by atoms with Gasteiger partial charge < -0.3 is 4.74 Å². The third kappa shape index (κ3) is 4.39. The zero-order valence-electron chi connectivity index (χ0n) is 11.3. The summed E-state index contributed by atoms with van der Waals surface area (Å²) in [4.78, 5) is 12.0. The van der Waals surface area contributed by atoms with Crippen molar-refractivity contribution in [2.75, 3.05) is 7.11 Å². The molecule has 0 saturated carbocycles. The molecule has 110 valence electrons. The Morgan fingerprint density at radius 2 is 1.76 bits per heavy atom. The van der Waals surface area contributed by atoms with E-state index in [9.17, 15) is 9.00 Å². The van der Waals surface area contributed by atoms with Gasteiger partial charge in [-0.2, -0.15) is 0 Å². The van der Waals surface area contributed by atoms with Crippen molar-refractivity contribution in [3.05, 3.63) is 64.7 Å². The number of nitrogens with one attached hydrogen (secondary N) is 1. The molecular formula is C15H14ClNO3S. The fourth-order valence-electron chi connectivity index (χ4n) is 1.67. The Kier molecular flexibility index (Phi) is 5.50. The van der Waals surface area contributed by atoms with Crippen LogP contribution in [-0.4, -0.2) is 17.3 Å². The molecule has 2 rings (SSSR count). The summed E-state index contributed by atoms with van der Waals surface area (Å²) < 4.78 is 19.6. The standard InChI is InChI=1S/C15H14ClNO3S/c1-20-15(18)12-4-2-11(3-5-12)10-17-21(19)14-8-6-13(16)7-9-14/h2-9,17H,10H2,1H3. The monoisotopic (exact) mass is 323 g/mol. The lowest BCUT2D eigenvalue weighted by molar-refractivity contribution is 0.0600. The number of carbonyl (C=O) groups excluding carboxylic acids is 1. The Morgan fingerprint density at radius 3 is 2.33 bits per heavy atom. The van der Waals surface area contributed by atoms with Crippen LogP contribution in [0.2, 0.25) is 5.02 Å². The molecule has 6 heteroatoms. The maximum absolute atomic E-state index is 12.0. The minimum Gasteiger partial charge on any atom is -0.465 e. The fraction of sp³-hybridized carbons (Fsp3) is 0.133. The van der Waals surface area contributed by atoms with Crippen molar-refractivity contribution in [1.29, 1.82) is 0 Å². The Labute approximate surface area is 130 Å². The Hall–Kier alpha value is -1.69. The van der Waals surface area contributed by atoms with Gasteiger partial charge in [0.05, 0.1) is 17.6 Å². The van der Waals surface area contributed by atoms with E-state index in [1.54, 1.807) is 48.5 Å². The first-order chi connectivity index (χ1) is 10.1. The largest absolute Gasteiger partial charge is 0.465 e. The first-order valence-corrected chi connectivity index (χ1v) is 7.71. The highest BCUT2D eigenvalue weighted by atomic mass is 35.5. The van der Waals surface area contributed by atoms with Crippen LogP contribution in [0.25, 0.3) is 0 Å². The summed E-state index contributed by atoms with van der Waals surface area (Å²) in [5, 5.41) is 0.606. The molecule has 0 fully saturated rings. The van der Waals surface area contributed by atoms with Crippen LogP contribution < -0.4 is 4.72 Å². The minimum absolute atomic E-state index is 0.376. The van der Waals surface area contributed by atoms with Crippen molar-refractivity contribution >= 4 is 28.6 Å². The number of hydrogen-bond acceptors (Lipinski definition) is 3. The molecule has 0 spiro atoms. The molecular weight excluding hydrogens is 310 g/mol. The van der Waals surface area contributed by atoms with Crippen LogP contribution in [0.4, 0.5) is 0 Å². The third-order valence-corrected chi connectivity index (χ3v) is 4.17. The quantitative estimate of drug-likeness (QED) is 0.861. The van der Waals surface area contributed by atoms with E-state index in [-0.39, 0.29) is 5.97 Å². The molecule has 2 aromatic carbocycles. The number of halogens is 1. The maximum Gasteiger partial charge on any atom is 0.337 e.